The lowest BCUT2D eigenvalue weighted by atomic mass is 10.1. The van der Waals surface area contributed by atoms with E-state index in [9.17, 15) is 10.2 Å². The molecule has 4 aromatic rings. The van der Waals surface area contributed by atoms with Gasteiger partial charge in [0, 0.05) is 22.3 Å². The van der Waals surface area contributed by atoms with E-state index in [0.29, 0.717) is 17.1 Å². The third kappa shape index (κ3) is 4.53. The molecule has 6 nitrogen and oxygen atoms in total. The second-order valence-electron chi connectivity index (χ2n) is 7.21. The molecule has 0 aliphatic heterocycles. The standard InChI is InChI=1S/C25H22N4O2/c1-16-8-10-19(11-9-16)22-14-21(18-6-4-3-5-7-18)27-25(28-22)29-26-15-20-12-13-23(30)17(2)24(20)31/h3-15,30-31H,1-2H3,(H,27,28,29). The van der Waals surface area contributed by atoms with E-state index in [1.54, 1.807) is 13.0 Å². The van der Waals surface area contributed by atoms with Gasteiger partial charge in [0.1, 0.15) is 11.5 Å². The summed E-state index contributed by atoms with van der Waals surface area (Å²) in [7, 11) is 0. The van der Waals surface area contributed by atoms with Gasteiger partial charge in [-0.2, -0.15) is 5.10 Å². The van der Waals surface area contributed by atoms with Gasteiger partial charge in [-0.15, -0.1) is 0 Å². The Hall–Kier alpha value is -4.19. The molecule has 1 aromatic heterocycles. The highest BCUT2D eigenvalue weighted by Crippen LogP contribution is 2.28. The Bertz CT molecular complexity index is 1240. The van der Waals surface area contributed by atoms with Crippen molar-refractivity contribution in [3.8, 4) is 34.0 Å². The molecule has 1 heterocycles. The molecule has 0 spiro atoms. The lowest BCUT2D eigenvalue weighted by molar-refractivity contribution is 0.442. The SMILES string of the molecule is Cc1ccc(-c2cc(-c3ccccc3)nc(NN=Cc3ccc(O)c(C)c3O)n2)cc1. The number of hydrogen-bond donors (Lipinski definition) is 3. The molecular weight excluding hydrogens is 388 g/mol. The second kappa shape index (κ2) is 8.67. The number of nitrogens with zero attached hydrogens (tertiary/aromatic N) is 3. The summed E-state index contributed by atoms with van der Waals surface area (Å²) >= 11 is 0. The average molecular weight is 410 g/mol. The van der Waals surface area contributed by atoms with Gasteiger partial charge in [-0.3, -0.25) is 0 Å². The van der Waals surface area contributed by atoms with Crippen molar-refractivity contribution in [2.45, 2.75) is 13.8 Å². The molecule has 0 bridgehead atoms. The molecule has 3 N–H and O–H groups in total. The Morgan fingerprint density at radius 1 is 0.806 bits per heavy atom. The third-order valence-corrected chi connectivity index (χ3v) is 4.94. The maximum absolute atomic E-state index is 10.2. The lowest BCUT2D eigenvalue weighted by Gasteiger charge is -2.09. The van der Waals surface area contributed by atoms with Crippen molar-refractivity contribution in [3.63, 3.8) is 0 Å². The van der Waals surface area contributed by atoms with Gasteiger partial charge < -0.3 is 10.2 Å². The van der Waals surface area contributed by atoms with Crippen LogP contribution in [0.5, 0.6) is 11.5 Å². The van der Waals surface area contributed by atoms with Crippen molar-refractivity contribution in [3.05, 3.63) is 89.5 Å². The van der Waals surface area contributed by atoms with E-state index in [-0.39, 0.29) is 11.5 Å². The topological polar surface area (TPSA) is 90.6 Å². The molecule has 6 heteroatoms. The number of aromatic hydroxyl groups is 2. The van der Waals surface area contributed by atoms with E-state index < -0.39 is 0 Å². The van der Waals surface area contributed by atoms with E-state index in [4.69, 9.17) is 0 Å². The average Bonchev–Trinajstić information content (AvgIpc) is 2.80. The van der Waals surface area contributed by atoms with Crippen molar-refractivity contribution in [1.82, 2.24) is 9.97 Å². The Labute approximate surface area is 180 Å². The first kappa shape index (κ1) is 20.1. The van der Waals surface area contributed by atoms with Crippen LogP contribution in [0.4, 0.5) is 5.95 Å². The molecular formula is C25H22N4O2. The predicted molar refractivity (Wildman–Crippen MR) is 123 cm³/mol. The predicted octanol–water partition coefficient (Wildman–Crippen LogP) is 5.28. The van der Waals surface area contributed by atoms with E-state index in [0.717, 1.165) is 22.5 Å². The highest BCUT2D eigenvalue weighted by Gasteiger charge is 2.09. The Kier molecular flexibility index (Phi) is 5.62. The largest absolute Gasteiger partial charge is 0.508 e. The minimum Gasteiger partial charge on any atom is -0.508 e. The number of nitrogens with one attached hydrogen (secondary N) is 1. The Balaban J connectivity index is 1.69. The smallest absolute Gasteiger partial charge is 0.244 e. The van der Waals surface area contributed by atoms with Crippen LogP contribution < -0.4 is 5.43 Å². The normalized spacial score (nSPS) is 11.0. The summed E-state index contributed by atoms with van der Waals surface area (Å²) in [4.78, 5) is 9.20. The van der Waals surface area contributed by atoms with Crippen LogP contribution in [-0.4, -0.2) is 26.4 Å². The molecule has 3 aromatic carbocycles. The van der Waals surface area contributed by atoms with Crippen molar-refractivity contribution < 1.29 is 10.2 Å². The molecule has 0 radical (unpaired) electrons. The molecule has 31 heavy (non-hydrogen) atoms. The fourth-order valence-electron chi connectivity index (χ4n) is 3.10. The van der Waals surface area contributed by atoms with Gasteiger partial charge >= 0.3 is 0 Å². The quantitative estimate of drug-likeness (QED) is 0.307. The zero-order chi connectivity index (χ0) is 21.8. The monoisotopic (exact) mass is 410 g/mol. The minimum atomic E-state index is -0.0233. The number of benzene rings is 3. The van der Waals surface area contributed by atoms with E-state index in [1.807, 2.05) is 67.6 Å². The van der Waals surface area contributed by atoms with Gasteiger partial charge in [-0.25, -0.2) is 15.4 Å². The van der Waals surface area contributed by atoms with Crippen molar-refractivity contribution in [2.24, 2.45) is 5.10 Å². The van der Waals surface area contributed by atoms with Crippen LogP contribution in [0.25, 0.3) is 22.5 Å². The van der Waals surface area contributed by atoms with Crippen LogP contribution in [0.15, 0.2) is 77.9 Å². The van der Waals surface area contributed by atoms with Gasteiger partial charge in [0.25, 0.3) is 0 Å². The number of phenols is 2. The molecule has 0 amide bonds. The summed E-state index contributed by atoms with van der Waals surface area (Å²) in [5.74, 6) is 0.345. The molecule has 0 saturated heterocycles. The fourth-order valence-corrected chi connectivity index (χ4v) is 3.10. The summed E-state index contributed by atoms with van der Waals surface area (Å²) in [6, 6.07) is 23.0. The molecule has 0 fully saturated rings. The zero-order valence-corrected chi connectivity index (χ0v) is 17.2. The van der Waals surface area contributed by atoms with Crippen LogP contribution >= 0.6 is 0 Å². The summed E-state index contributed by atoms with van der Waals surface area (Å²) in [5, 5.41) is 24.0. The van der Waals surface area contributed by atoms with Crippen LogP contribution in [0, 0.1) is 13.8 Å². The van der Waals surface area contributed by atoms with E-state index >= 15 is 0 Å². The summed E-state index contributed by atoms with van der Waals surface area (Å²) in [6.45, 7) is 3.68. The van der Waals surface area contributed by atoms with Crippen molar-refractivity contribution in [1.29, 1.82) is 0 Å². The number of rotatable bonds is 5. The summed E-state index contributed by atoms with van der Waals surface area (Å²) in [6.07, 6.45) is 1.46. The molecule has 0 saturated carbocycles. The molecule has 4 rings (SSSR count). The summed E-state index contributed by atoms with van der Waals surface area (Å²) in [5.41, 5.74) is 8.39. The van der Waals surface area contributed by atoms with Crippen molar-refractivity contribution >= 4 is 12.2 Å². The second-order valence-corrected chi connectivity index (χ2v) is 7.21. The number of anilines is 1. The highest BCUT2D eigenvalue weighted by molar-refractivity contribution is 5.85. The first-order valence-electron chi connectivity index (χ1n) is 9.83. The Morgan fingerprint density at radius 2 is 1.45 bits per heavy atom. The molecule has 0 aliphatic carbocycles. The Morgan fingerprint density at radius 3 is 2.13 bits per heavy atom. The van der Waals surface area contributed by atoms with Gasteiger partial charge in [-0.1, -0.05) is 60.2 Å². The highest BCUT2D eigenvalue weighted by atomic mass is 16.3. The first-order valence-corrected chi connectivity index (χ1v) is 9.83. The maximum Gasteiger partial charge on any atom is 0.244 e. The van der Waals surface area contributed by atoms with Crippen LogP contribution in [0.2, 0.25) is 0 Å². The van der Waals surface area contributed by atoms with Crippen LogP contribution in [0.1, 0.15) is 16.7 Å². The minimum absolute atomic E-state index is 0.0233. The molecule has 0 unspecified atom stereocenters. The number of aromatic nitrogens is 2. The van der Waals surface area contributed by atoms with Gasteiger partial charge in [-0.05, 0) is 32.0 Å². The number of aryl methyl sites for hydroxylation is 1. The van der Waals surface area contributed by atoms with Gasteiger partial charge in [0.15, 0.2) is 0 Å². The lowest BCUT2D eigenvalue weighted by Crippen LogP contribution is -2.00. The maximum atomic E-state index is 10.2. The van der Waals surface area contributed by atoms with Gasteiger partial charge in [0.05, 0.1) is 17.6 Å². The zero-order valence-electron chi connectivity index (χ0n) is 17.2. The van der Waals surface area contributed by atoms with Crippen molar-refractivity contribution in [2.75, 3.05) is 5.43 Å². The first-order chi connectivity index (χ1) is 15.0. The molecule has 154 valence electrons. The molecule has 0 atom stereocenters. The number of hydrogen-bond acceptors (Lipinski definition) is 6. The number of phenolic OH excluding ortho intramolecular Hbond substituents is 2. The summed E-state index contributed by atoms with van der Waals surface area (Å²) < 4.78 is 0. The van der Waals surface area contributed by atoms with Crippen LogP contribution in [0.3, 0.4) is 0 Å². The van der Waals surface area contributed by atoms with Crippen LogP contribution in [-0.2, 0) is 0 Å². The van der Waals surface area contributed by atoms with E-state index in [2.05, 4.69) is 20.5 Å². The third-order valence-electron chi connectivity index (χ3n) is 4.94. The van der Waals surface area contributed by atoms with E-state index in [1.165, 1.54) is 17.8 Å². The fraction of sp³-hybridized carbons (Fsp3) is 0.0800. The molecule has 0 aliphatic rings. The van der Waals surface area contributed by atoms with Gasteiger partial charge in [0.2, 0.25) is 5.95 Å². The number of hydrazone groups is 1.